The maximum atomic E-state index is 10.7. The van der Waals surface area contributed by atoms with Gasteiger partial charge in [-0.2, -0.15) is 0 Å². The van der Waals surface area contributed by atoms with Gasteiger partial charge in [0, 0.05) is 19.7 Å². The number of carboxylic acids is 1. The van der Waals surface area contributed by atoms with Gasteiger partial charge >= 0.3 is 5.97 Å². The number of nitrogens with zero attached hydrogens (tertiary/aromatic N) is 1. The Morgan fingerprint density at radius 3 is 2.71 bits per heavy atom. The molecular formula is C12H24ClNO3. The molecule has 5 heteroatoms. The van der Waals surface area contributed by atoms with E-state index < -0.39 is 5.97 Å². The molecule has 0 bridgehead atoms. The van der Waals surface area contributed by atoms with Crippen LogP contribution in [-0.2, 0) is 9.53 Å². The molecule has 0 radical (unpaired) electrons. The normalized spacial score (nSPS) is 20.5. The molecule has 102 valence electrons. The Labute approximate surface area is 110 Å². The number of carboxylic acid groups (broad SMARTS) is 1. The summed E-state index contributed by atoms with van der Waals surface area (Å²) in [5.74, 6) is -0.151. The highest BCUT2D eigenvalue weighted by Gasteiger charge is 2.27. The minimum absolute atomic E-state index is 0. The maximum absolute atomic E-state index is 10.7. The molecule has 0 saturated carbocycles. The average Bonchev–Trinajstić information content (AvgIpc) is 2.65. The summed E-state index contributed by atoms with van der Waals surface area (Å²) in [5.41, 5.74) is 0. The van der Waals surface area contributed by atoms with Gasteiger partial charge < -0.3 is 14.7 Å². The van der Waals surface area contributed by atoms with Crippen molar-refractivity contribution in [3.8, 4) is 0 Å². The van der Waals surface area contributed by atoms with Crippen LogP contribution in [0.2, 0.25) is 0 Å². The molecule has 0 amide bonds. The molecule has 0 spiro atoms. The fourth-order valence-corrected chi connectivity index (χ4v) is 1.85. The summed E-state index contributed by atoms with van der Waals surface area (Å²) in [6.07, 6.45) is 1.87. The number of hydrogen-bond donors (Lipinski definition) is 1. The molecule has 0 aromatic rings. The summed E-state index contributed by atoms with van der Waals surface area (Å²) in [6.45, 7) is 8.34. The van der Waals surface area contributed by atoms with Crippen molar-refractivity contribution in [3.63, 3.8) is 0 Å². The molecule has 1 atom stereocenters. The SMILES string of the molecule is CC(C)CCOCCN1CCC(C(=O)O)C1.Cl. The molecule has 0 aliphatic carbocycles. The predicted molar refractivity (Wildman–Crippen MR) is 69.7 cm³/mol. The van der Waals surface area contributed by atoms with Gasteiger partial charge in [-0.25, -0.2) is 0 Å². The van der Waals surface area contributed by atoms with E-state index in [2.05, 4.69) is 18.7 Å². The number of hydrogen-bond acceptors (Lipinski definition) is 3. The molecule has 1 fully saturated rings. The van der Waals surface area contributed by atoms with Crippen LogP contribution >= 0.6 is 12.4 Å². The van der Waals surface area contributed by atoms with E-state index in [9.17, 15) is 4.79 Å². The van der Waals surface area contributed by atoms with Crippen molar-refractivity contribution in [2.24, 2.45) is 11.8 Å². The minimum Gasteiger partial charge on any atom is -0.481 e. The van der Waals surface area contributed by atoms with Crippen molar-refractivity contribution < 1.29 is 14.6 Å². The number of carbonyl (C=O) groups is 1. The van der Waals surface area contributed by atoms with Gasteiger partial charge in [0.1, 0.15) is 0 Å². The van der Waals surface area contributed by atoms with Crippen LogP contribution in [0.15, 0.2) is 0 Å². The zero-order valence-electron chi connectivity index (χ0n) is 10.7. The third kappa shape index (κ3) is 6.86. The van der Waals surface area contributed by atoms with E-state index in [0.29, 0.717) is 12.5 Å². The third-order valence-corrected chi connectivity index (χ3v) is 3.01. The van der Waals surface area contributed by atoms with Gasteiger partial charge in [-0.05, 0) is 25.3 Å². The molecule has 1 heterocycles. The molecular weight excluding hydrogens is 242 g/mol. The van der Waals surface area contributed by atoms with Crippen molar-refractivity contribution in [1.29, 1.82) is 0 Å². The Morgan fingerprint density at radius 2 is 2.18 bits per heavy atom. The largest absolute Gasteiger partial charge is 0.481 e. The molecule has 0 aromatic heterocycles. The fourth-order valence-electron chi connectivity index (χ4n) is 1.85. The summed E-state index contributed by atoms with van der Waals surface area (Å²) in [5, 5.41) is 8.84. The molecule has 1 aliphatic heterocycles. The first-order valence-electron chi connectivity index (χ1n) is 6.12. The van der Waals surface area contributed by atoms with Crippen LogP contribution in [0, 0.1) is 11.8 Å². The van der Waals surface area contributed by atoms with Crippen LogP contribution in [0.1, 0.15) is 26.7 Å². The van der Waals surface area contributed by atoms with Crippen molar-refractivity contribution in [1.82, 2.24) is 4.90 Å². The second-order valence-electron chi connectivity index (χ2n) is 4.92. The Kier molecular flexibility index (Phi) is 8.56. The molecule has 17 heavy (non-hydrogen) atoms. The Balaban J connectivity index is 0.00000256. The lowest BCUT2D eigenvalue weighted by Crippen LogP contribution is -2.27. The lowest BCUT2D eigenvalue weighted by molar-refractivity contribution is -0.141. The summed E-state index contributed by atoms with van der Waals surface area (Å²) in [6, 6.07) is 0. The number of ether oxygens (including phenoxy) is 1. The Morgan fingerprint density at radius 1 is 1.47 bits per heavy atom. The second kappa shape index (κ2) is 8.72. The average molecular weight is 266 g/mol. The number of rotatable bonds is 7. The second-order valence-corrected chi connectivity index (χ2v) is 4.92. The van der Waals surface area contributed by atoms with E-state index in [1.54, 1.807) is 0 Å². The first-order chi connectivity index (χ1) is 7.59. The van der Waals surface area contributed by atoms with E-state index >= 15 is 0 Å². The lowest BCUT2D eigenvalue weighted by atomic mass is 10.1. The zero-order chi connectivity index (χ0) is 12.0. The third-order valence-electron chi connectivity index (χ3n) is 3.01. The van der Waals surface area contributed by atoms with Crippen LogP contribution in [0.3, 0.4) is 0 Å². The van der Waals surface area contributed by atoms with Gasteiger partial charge in [-0.3, -0.25) is 4.79 Å². The smallest absolute Gasteiger partial charge is 0.307 e. The van der Waals surface area contributed by atoms with Gasteiger partial charge in [0.2, 0.25) is 0 Å². The van der Waals surface area contributed by atoms with Crippen molar-refractivity contribution >= 4 is 18.4 Å². The molecule has 1 N–H and O–H groups in total. The van der Waals surface area contributed by atoms with Crippen LogP contribution in [0.5, 0.6) is 0 Å². The van der Waals surface area contributed by atoms with Crippen LogP contribution in [-0.4, -0.2) is 48.8 Å². The van der Waals surface area contributed by atoms with Crippen molar-refractivity contribution in [2.75, 3.05) is 32.8 Å². The van der Waals surface area contributed by atoms with E-state index in [0.717, 1.165) is 39.1 Å². The number of halogens is 1. The first-order valence-corrected chi connectivity index (χ1v) is 6.12. The number of likely N-dealkylation sites (tertiary alicyclic amines) is 1. The maximum Gasteiger partial charge on any atom is 0.307 e. The summed E-state index contributed by atoms with van der Waals surface area (Å²) >= 11 is 0. The molecule has 1 rings (SSSR count). The van der Waals surface area contributed by atoms with Gasteiger partial charge in [0.05, 0.1) is 12.5 Å². The molecule has 1 saturated heterocycles. The molecule has 1 aliphatic rings. The zero-order valence-corrected chi connectivity index (χ0v) is 11.5. The van der Waals surface area contributed by atoms with Crippen LogP contribution < -0.4 is 0 Å². The summed E-state index contributed by atoms with van der Waals surface area (Å²) < 4.78 is 5.51. The van der Waals surface area contributed by atoms with Gasteiger partial charge in [0.15, 0.2) is 0 Å². The quantitative estimate of drug-likeness (QED) is 0.714. The Bertz CT molecular complexity index is 224. The highest BCUT2D eigenvalue weighted by atomic mass is 35.5. The van der Waals surface area contributed by atoms with E-state index in [4.69, 9.17) is 9.84 Å². The van der Waals surface area contributed by atoms with E-state index in [-0.39, 0.29) is 18.3 Å². The number of aliphatic carboxylic acids is 1. The topological polar surface area (TPSA) is 49.8 Å². The Hall–Kier alpha value is -0.320. The van der Waals surface area contributed by atoms with Crippen molar-refractivity contribution in [3.05, 3.63) is 0 Å². The van der Waals surface area contributed by atoms with E-state index in [1.807, 2.05) is 0 Å². The highest BCUT2D eigenvalue weighted by molar-refractivity contribution is 5.85. The van der Waals surface area contributed by atoms with E-state index in [1.165, 1.54) is 0 Å². The van der Waals surface area contributed by atoms with Gasteiger partial charge in [-0.1, -0.05) is 13.8 Å². The minimum atomic E-state index is -0.664. The molecule has 0 aromatic carbocycles. The standard InChI is InChI=1S/C12H23NO3.ClH/c1-10(2)4-7-16-8-6-13-5-3-11(9-13)12(14)15;/h10-11H,3-9H2,1-2H3,(H,14,15);1H. The van der Waals surface area contributed by atoms with Gasteiger partial charge in [-0.15, -0.1) is 12.4 Å². The summed E-state index contributed by atoms with van der Waals surface area (Å²) in [4.78, 5) is 12.9. The first kappa shape index (κ1) is 16.7. The predicted octanol–water partition coefficient (Wildman–Crippen LogP) is 1.88. The molecule has 1 unspecified atom stereocenters. The lowest BCUT2D eigenvalue weighted by Gasteiger charge is -2.15. The fraction of sp³-hybridized carbons (Fsp3) is 0.917. The summed E-state index contributed by atoms with van der Waals surface area (Å²) in [7, 11) is 0. The van der Waals surface area contributed by atoms with Gasteiger partial charge in [0.25, 0.3) is 0 Å². The highest BCUT2D eigenvalue weighted by Crippen LogP contribution is 2.15. The van der Waals surface area contributed by atoms with Crippen LogP contribution in [0.25, 0.3) is 0 Å². The van der Waals surface area contributed by atoms with Crippen LogP contribution in [0.4, 0.5) is 0 Å². The molecule has 4 nitrogen and oxygen atoms in total. The monoisotopic (exact) mass is 265 g/mol. The van der Waals surface area contributed by atoms with Crippen molar-refractivity contribution in [2.45, 2.75) is 26.7 Å².